The zero-order chi connectivity index (χ0) is 20.1. The molecule has 0 amide bonds. The van der Waals surface area contributed by atoms with Gasteiger partial charge in [0.15, 0.2) is 5.96 Å². The van der Waals surface area contributed by atoms with E-state index in [1.807, 2.05) is 25.2 Å². The summed E-state index contributed by atoms with van der Waals surface area (Å²) in [5, 5.41) is 7.80. The van der Waals surface area contributed by atoms with E-state index >= 15 is 0 Å². The van der Waals surface area contributed by atoms with Crippen molar-refractivity contribution in [2.24, 2.45) is 4.99 Å². The molecule has 1 unspecified atom stereocenters. The summed E-state index contributed by atoms with van der Waals surface area (Å²) in [5.74, 6) is 0.844. The highest BCUT2D eigenvalue weighted by Crippen LogP contribution is 2.23. The van der Waals surface area contributed by atoms with E-state index < -0.39 is 0 Å². The number of aliphatic imine (C=N–C) groups is 1. The first-order valence-electron chi connectivity index (χ1n) is 10.2. The second-order valence-electron chi connectivity index (χ2n) is 7.53. The molecule has 0 radical (unpaired) electrons. The molecular weight excluding hydrogens is 509 g/mol. The Kier molecular flexibility index (Phi) is 8.27. The van der Waals surface area contributed by atoms with Crippen molar-refractivity contribution in [2.45, 2.75) is 19.0 Å². The Morgan fingerprint density at radius 2 is 1.80 bits per heavy atom. The van der Waals surface area contributed by atoms with Crippen LogP contribution in [0.25, 0.3) is 0 Å². The van der Waals surface area contributed by atoms with Crippen molar-refractivity contribution in [1.29, 1.82) is 0 Å². The third-order valence-electron chi connectivity index (χ3n) is 5.48. The van der Waals surface area contributed by atoms with Crippen LogP contribution >= 0.6 is 35.6 Å². The average molecular weight is 538 g/mol. The lowest BCUT2D eigenvalue weighted by Gasteiger charge is -2.21. The molecule has 2 aromatic carbocycles. The Bertz CT molecular complexity index is 893. The summed E-state index contributed by atoms with van der Waals surface area (Å²) in [6, 6.07) is 17.1. The summed E-state index contributed by atoms with van der Waals surface area (Å²) >= 11 is 6.14. The lowest BCUT2D eigenvalue weighted by molar-refractivity contribution is 0.648. The van der Waals surface area contributed by atoms with E-state index in [-0.39, 0.29) is 24.0 Å². The number of anilines is 2. The van der Waals surface area contributed by atoms with Crippen molar-refractivity contribution >= 4 is 52.9 Å². The average Bonchev–Trinajstić information content (AvgIpc) is 3.44. The van der Waals surface area contributed by atoms with Crippen molar-refractivity contribution < 1.29 is 0 Å². The molecule has 2 heterocycles. The van der Waals surface area contributed by atoms with Crippen LogP contribution in [0, 0.1) is 0 Å². The van der Waals surface area contributed by atoms with Crippen LogP contribution in [0.15, 0.2) is 65.7 Å². The molecule has 1 atom stereocenters. The molecule has 0 bridgehead atoms. The fourth-order valence-electron chi connectivity index (χ4n) is 3.91. The second kappa shape index (κ2) is 10.9. The normalized spacial score (nSPS) is 18.5. The number of hydrogen-bond donors (Lipinski definition) is 2. The van der Waals surface area contributed by atoms with Gasteiger partial charge in [-0.1, -0.05) is 42.0 Å². The van der Waals surface area contributed by atoms with Crippen LogP contribution in [0.5, 0.6) is 0 Å². The van der Waals surface area contributed by atoms with E-state index in [0.717, 1.165) is 50.1 Å². The van der Waals surface area contributed by atoms with Crippen molar-refractivity contribution in [2.75, 3.05) is 43.0 Å². The third-order valence-corrected chi connectivity index (χ3v) is 5.72. The number of hydrogen-bond acceptors (Lipinski definition) is 3. The molecule has 5 nitrogen and oxygen atoms in total. The predicted octanol–water partition coefficient (Wildman–Crippen LogP) is 4.28. The minimum absolute atomic E-state index is 0. The van der Waals surface area contributed by atoms with Crippen molar-refractivity contribution in [1.82, 2.24) is 10.6 Å². The molecular formula is C23H29ClIN5. The summed E-state index contributed by atoms with van der Waals surface area (Å²) in [6.45, 7) is 4.69. The van der Waals surface area contributed by atoms with E-state index in [1.54, 1.807) is 0 Å². The van der Waals surface area contributed by atoms with Crippen LogP contribution < -0.4 is 20.4 Å². The van der Waals surface area contributed by atoms with Gasteiger partial charge in [-0.2, -0.15) is 0 Å². The molecule has 0 spiro atoms. The Morgan fingerprint density at radius 3 is 2.53 bits per heavy atom. The lowest BCUT2D eigenvalue weighted by atomic mass is 10.2. The van der Waals surface area contributed by atoms with Crippen LogP contribution in [0.4, 0.5) is 11.4 Å². The lowest BCUT2D eigenvalue weighted by Crippen LogP contribution is -2.44. The fraction of sp³-hybridized carbons (Fsp3) is 0.348. The van der Waals surface area contributed by atoms with Crippen LogP contribution in [0.2, 0.25) is 5.02 Å². The van der Waals surface area contributed by atoms with Crippen molar-refractivity contribution in [3.05, 3.63) is 71.3 Å². The molecule has 7 heteroatoms. The topological polar surface area (TPSA) is 42.9 Å². The zero-order valence-corrected chi connectivity index (χ0v) is 20.3. The maximum Gasteiger partial charge on any atom is 0.191 e. The van der Waals surface area contributed by atoms with Gasteiger partial charge in [0.1, 0.15) is 0 Å². The number of benzene rings is 2. The van der Waals surface area contributed by atoms with Gasteiger partial charge >= 0.3 is 0 Å². The first-order chi connectivity index (χ1) is 14.2. The van der Waals surface area contributed by atoms with E-state index in [2.05, 4.69) is 67.9 Å². The molecule has 160 valence electrons. The predicted molar refractivity (Wildman–Crippen MR) is 139 cm³/mol. The smallest absolute Gasteiger partial charge is 0.191 e. The van der Waals surface area contributed by atoms with Gasteiger partial charge in [0.25, 0.3) is 0 Å². The van der Waals surface area contributed by atoms with Gasteiger partial charge in [-0.3, -0.25) is 4.99 Å². The molecule has 0 aliphatic carbocycles. The van der Waals surface area contributed by atoms with E-state index in [0.29, 0.717) is 6.04 Å². The maximum atomic E-state index is 6.14. The number of nitrogens with zero attached hydrogens (tertiary/aromatic N) is 3. The Labute approximate surface area is 201 Å². The summed E-state index contributed by atoms with van der Waals surface area (Å²) in [4.78, 5) is 9.14. The summed E-state index contributed by atoms with van der Waals surface area (Å²) in [5.41, 5.74) is 3.70. The van der Waals surface area contributed by atoms with Crippen molar-refractivity contribution in [3.63, 3.8) is 0 Å². The van der Waals surface area contributed by atoms with Gasteiger partial charge in [0, 0.05) is 62.2 Å². The molecule has 1 saturated heterocycles. The van der Waals surface area contributed by atoms with E-state index in [4.69, 9.17) is 11.6 Å². The monoisotopic (exact) mass is 537 g/mol. The molecule has 4 rings (SSSR count). The van der Waals surface area contributed by atoms with Crippen molar-refractivity contribution in [3.8, 4) is 0 Å². The van der Waals surface area contributed by atoms with Crippen LogP contribution in [0.1, 0.15) is 12.0 Å². The highest BCUT2D eigenvalue weighted by Gasteiger charge is 2.23. The van der Waals surface area contributed by atoms with Crippen LogP contribution in [0.3, 0.4) is 0 Å². The molecule has 2 aromatic rings. The number of nitrogens with one attached hydrogen (secondary N) is 2. The standard InChI is InChI=1S/C23H28ClN5.HI/c1-25-23(26-16-18-6-4-8-21(14-18)28-11-2-3-12-28)27-20-10-13-29(17-20)22-9-5-7-19(24)15-22;/h2-9,14-15,20H,10-13,16-17H2,1H3,(H2,25,26,27);1H. The quantitative estimate of drug-likeness (QED) is 0.259. The van der Waals surface area contributed by atoms with Gasteiger partial charge in [-0.15, -0.1) is 24.0 Å². The summed E-state index contributed by atoms with van der Waals surface area (Å²) in [6.07, 6.45) is 5.50. The van der Waals surface area contributed by atoms with Gasteiger partial charge in [-0.05, 0) is 42.3 Å². The Hall–Kier alpha value is -1.93. The second-order valence-corrected chi connectivity index (χ2v) is 7.96. The number of rotatable bonds is 5. The number of halogens is 2. The zero-order valence-electron chi connectivity index (χ0n) is 17.2. The molecule has 1 fully saturated rings. The van der Waals surface area contributed by atoms with Gasteiger partial charge < -0.3 is 20.4 Å². The molecule has 0 saturated carbocycles. The minimum atomic E-state index is 0. The van der Waals surface area contributed by atoms with Gasteiger partial charge in [0.2, 0.25) is 0 Å². The third kappa shape index (κ3) is 5.82. The summed E-state index contributed by atoms with van der Waals surface area (Å²) < 4.78 is 0. The largest absolute Gasteiger partial charge is 0.369 e. The van der Waals surface area contributed by atoms with Crippen LogP contribution in [-0.2, 0) is 6.54 Å². The van der Waals surface area contributed by atoms with E-state index in [9.17, 15) is 0 Å². The molecule has 30 heavy (non-hydrogen) atoms. The molecule has 2 N–H and O–H groups in total. The Morgan fingerprint density at radius 1 is 1.07 bits per heavy atom. The SMILES string of the molecule is CN=C(NCc1cccc(N2CC=CC2)c1)NC1CCN(c2cccc(Cl)c2)C1.I. The maximum absolute atomic E-state index is 6.14. The molecule has 0 aromatic heterocycles. The molecule has 2 aliphatic heterocycles. The fourth-order valence-corrected chi connectivity index (χ4v) is 4.10. The highest BCUT2D eigenvalue weighted by molar-refractivity contribution is 14.0. The molecule has 2 aliphatic rings. The van der Waals surface area contributed by atoms with Crippen LogP contribution in [-0.4, -0.2) is 45.2 Å². The van der Waals surface area contributed by atoms with Gasteiger partial charge in [-0.25, -0.2) is 0 Å². The number of guanidine groups is 1. The van der Waals surface area contributed by atoms with E-state index in [1.165, 1.54) is 16.9 Å². The minimum Gasteiger partial charge on any atom is -0.369 e. The Balaban J connectivity index is 0.00000256. The first kappa shape index (κ1) is 22.7. The van der Waals surface area contributed by atoms with Gasteiger partial charge in [0.05, 0.1) is 0 Å². The summed E-state index contributed by atoms with van der Waals surface area (Å²) in [7, 11) is 1.82. The highest BCUT2D eigenvalue weighted by atomic mass is 127. The first-order valence-corrected chi connectivity index (χ1v) is 10.6.